The van der Waals surface area contributed by atoms with Crippen LogP contribution < -0.4 is 0 Å². The molecule has 3 heterocycles. The van der Waals surface area contributed by atoms with E-state index in [2.05, 4.69) is 47.4 Å². The van der Waals surface area contributed by atoms with Gasteiger partial charge in [0.05, 0.1) is 11.4 Å². The SMILES string of the molecule is Cc1cc(C)c(Cn2ccnc2CN(Cc2cccnc2)C(=O)c2cccs2)c(C)c1. The van der Waals surface area contributed by atoms with Crippen molar-refractivity contribution in [1.29, 1.82) is 0 Å². The van der Waals surface area contributed by atoms with Crippen molar-refractivity contribution in [2.75, 3.05) is 0 Å². The van der Waals surface area contributed by atoms with E-state index >= 15 is 0 Å². The van der Waals surface area contributed by atoms with Crippen LogP contribution in [0.15, 0.2) is 66.6 Å². The van der Waals surface area contributed by atoms with Gasteiger partial charge in [-0.15, -0.1) is 11.3 Å². The predicted octanol–water partition coefficient (Wildman–Crippen LogP) is 5.16. The van der Waals surface area contributed by atoms with Gasteiger partial charge in [-0.05, 0) is 60.5 Å². The van der Waals surface area contributed by atoms with E-state index in [1.54, 1.807) is 12.4 Å². The summed E-state index contributed by atoms with van der Waals surface area (Å²) in [5.41, 5.74) is 6.12. The van der Waals surface area contributed by atoms with Gasteiger partial charge in [0.2, 0.25) is 0 Å². The monoisotopic (exact) mass is 430 g/mol. The minimum atomic E-state index is 0.0103. The fourth-order valence-electron chi connectivity index (χ4n) is 3.90. The van der Waals surface area contributed by atoms with Gasteiger partial charge < -0.3 is 9.47 Å². The highest BCUT2D eigenvalue weighted by atomic mass is 32.1. The number of rotatable bonds is 7. The number of benzene rings is 1. The van der Waals surface area contributed by atoms with Crippen LogP contribution in [0.5, 0.6) is 0 Å². The normalized spacial score (nSPS) is 10.9. The maximum absolute atomic E-state index is 13.2. The Morgan fingerprint density at radius 1 is 1.06 bits per heavy atom. The number of nitrogens with zero attached hydrogens (tertiary/aromatic N) is 4. The lowest BCUT2D eigenvalue weighted by Gasteiger charge is -2.23. The van der Waals surface area contributed by atoms with Gasteiger partial charge in [0.15, 0.2) is 0 Å². The van der Waals surface area contributed by atoms with Gasteiger partial charge in [-0.3, -0.25) is 9.78 Å². The Hall–Kier alpha value is -3.25. The number of amides is 1. The maximum atomic E-state index is 13.2. The summed E-state index contributed by atoms with van der Waals surface area (Å²) < 4.78 is 2.14. The molecule has 158 valence electrons. The number of hydrogen-bond acceptors (Lipinski definition) is 4. The van der Waals surface area contributed by atoms with Gasteiger partial charge in [-0.25, -0.2) is 4.98 Å². The molecular weight excluding hydrogens is 404 g/mol. The molecule has 0 saturated heterocycles. The second kappa shape index (κ2) is 9.27. The summed E-state index contributed by atoms with van der Waals surface area (Å²) in [5, 5.41) is 1.93. The van der Waals surface area contributed by atoms with Crippen LogP contribution in [0.25, 0.3) is 0 Å². The third-order valence-corrected chi connectivity index (χ3v) is 6.28. The summed E-state index contributed by atoms with van der Waals surface area (Å²) >= 11 is 1.46. The van der Waals surface area contributed by atoms with E-state index in [1.165, 1.54) is 33.6 Å². The lowest BCUT2D eigenvalue weighted by molar-refractivity contribution is 0.0728. The van der Waals surface area contributed by atoms with Crippen molar-refractivity contribution < 1.29 is 4.79 Å². The molecule has 1 aromatic carbocycles. The Morgan fingerprint density at radius 2 is 1.87 bits per heavy atom. The summed E-state index contributed by atoms with van der Waals surface area (Å²) in [6.07, 6.45) is 7.35. The lowest BCUT2D eigenvalue weighted by atomic mass is 10.00. The molecule has 0 fully saturated rings. The molecule has 0 aliphatic heterocycles. The average molecular weight is 431 g/mol. The van der Waals surface area contributed by atoms with Crippen molar-refractivity contribution in [2.45, 2.75) is 40.4 Å². The number of thiophene rings is 1. The zero-order chi connectivity index (χ0) is 21.8. The van der Waals surface area contributed by atoms with Crippen LogP contribution in [0, 0.1) is 20.8 Å². The number of hydrogen-bond donors (Lipinski definition) is 0. The summed E-state index contributed by atoms with van der Waals surface area (Å²) in [5.74, 6) is 0.879. The third-order valence-electron chi connectivity index (χ3n) is 5.42. The third kappa shape index (κ3) is 4.91. The zero-order valence-electron chi connectivity index (χ0n) is 18.1. The van der Waals surface area contributed by atoms with E-state index in [0.29, 0.717) is 13.1 Å². The molecule has 4 rings (SSSR count). The zero-order valence-corrected chi connectivity index (χ0v) is 18.9. The molecule has 6 heteroatoms. The second-order valence-corrected chi connectivity index (χ2v) is 8.80. The van der Waals surface area contributed by atoms with Crippen molar-refractivity contribution in [2.24, 2.45) is 0 Å². The molecule has 4 aromatic rings. The van der Waals surface area contributed by atoms with Crippen LogP contribution in [-0.4, -0.2) is 25.3 Å². The fraction of sp³-hybridized carbons (Fsp3) is 0.240. The van der Waals surface area contributed by atoms with Crippen molar-refractivity contribution in [3.8, 4) is 0 Å². The highest BCUT2D eigenvalue weighted by Crippen LogP contribution is 2.20. The van der Waals surface area contributed by atoms with Crippen LogP contribution in [0.1, 0.15) is 43.3 Å². The Labute approximate surface area is 187 Å². The Morgan fingerprint density at radius 3 is 2.55 bits per heavy atom. The van der Waals surface area contributed by atoms with E-state index in [-0.39, 0.29) is 5.91 Å². The molecule has 0 aliphatic carbocycles. The van der Waals surface area contributed by atoms with Gasteiger partial charge in [-0.1, -0.05) is 29.8 Å². The topological polar surface area (TPSA) is 51.0 Å². The predicted molar refractivity (Wildman–Crippen MR) is 124 cm³/mol. The number of aryl methyl sites for hydroxylation is 3. The van der Waals surface area contributed by atoms with E-state index in [0.717, 1.165) is 22.8 Å². The molecule has 0 aliphatic rings. The summed E-state index contributed by atoms with van der Waals surface area (Å²) in [6.45, 7) is 8.09. The van der Waals surface area contributed by atoms with E-state index in [4.69, 9.17) is 0 Å². The van der Waals surface area contributed by atoms with Gasteiger partial charge in [0.25, 0.3) is 5.91 Å². The van der Waals surface area contributed by atoms with Crippen LogP contribution in [0.3, 0.4) is 0 Å². The molecule has 0 radical (unpaired) electrons. The van der Waals surface area contributed by atoms with Crippen LogP contribution in [-0.2, 0) is 19.6 Å². The first-order chi connectivity index (χ1) is 15.0. The molecule has 0 unspecified atom stereocenters. The number of carbonyl (C=O) groups excluding carboxylic acids is 1. The van der Waals surface area contributed by atoms with E-state index in [9.17, 15) is 4.79 Å². The molecule has 0 bridgehead atoms. The van der Waals surface area contributed by atoms with Gasteiger partial charge in [0.1, 0.15) is 5.82 Å². The molecule has 1 amide bonds. The first-order valence-electron chi connectivity index (χ1n) is 10.3. The molecule has 31 heavy (non-hydrogen) atoms. The highest BCUT2D eigenvalue weighted by Gasteiger charge is 2.20. The van der Waals surface area contributed by atoms with Crippen molar-refractivity contribution in [3.63, 3.8) is 0 Å². The Balaban J connectivity index is 1.61. The maximum Gasteiger partial charge on any atom is 0.264 e. The minimum absolute atomic E-state index is 0.0103. The van der Waals surface area contributed by atoms with Crippen LogP contribution in [0.2, 0.25) is 0 Å². The Bertz CT molecular complexity index is 1140. The quantitative estimate of drug-likeness (QED) is 0.407. The largest absolute Gasteiger partial charge is 0.329 e. The van der Waals surface area contributed by atoms with E-state index in [1.807, 2.05) is 46.9 Å². The fourth-order valence-corrected chi connectivity index (χ4v) is 4.59. The molecule has 0 atom stereocenters. The summed E-state index contributed by atoms with van der Waals surface area (Å²) in [4.78, 5) is 24.6. The molecular formula is C25H26N4OS. The molecule has 0 spiro atoms. The number of aromatic nitrogens is 3. The molecule has 0 N–H and O–H groups in total. The standard InChI is InChI=1S/C25H26N4OS/c1-18-12-19(2)22(20(3)13-18)16-28-10-9-27-24(28)17-29(15-21-6-4-8-26-14-21)25(30)23-7-5-11-31-23/h4-14H,15-17H2,1-3H3. The average Bonchev–Trinajstić information content (AvgIpc) is 3.43. The van der Waals surface area contributed by atoms with Gasteiger partial charge >= 0.3 is 0 Å². The van der Waals surface area contributed by atoms with Gasteiger partial charge in [-0.2, -0.15) is 0 Å². The smallest absolute Gasteiger partial charge is 0.264 e. The molecule has 5 nitrogen and oxygen atoms in total. The van der Waals surface area contributed by atoms with Crippen molar-refractivity contribution >= 4 is 17.2 Å². The number of imidazole rings is 1. The summed E-state index contributed by atoms with van der Waals surface area (Å²) in [6, 6.07) is 12.1. The second-order valence-electron chi connectivity index (χ2n) is 7.85. The van der Waals surface area contributed by atoms with Crippen LogP contribution in [0.4, 0.5) is 0 Å². The van der Waals surface area contributed by atoms with E-state index < -0.39 is 0 Å². The molecule has 3 aromatic heterocycles. The first-order valence-corrected chi connectivity index (χ1v) is 11.2. The first kappa shape index (κ1) is 21.0. The number of carbonyl (C=O) groups is 1. The summed E-state index contributed by atoms with van der Waals surface area (Å²) in [7, 11) is 0. The minimum Gasteiger partial charge on any atom is -0.329 e. The highest BCUT2D eigenvalue weighted by molar-refractivity contribution is 7.12. The van der Waals surface area contributed by atoms with Crippen molar-refractivity contribution in [1.82, 2.24) is 19.4 Å². The molecule has 0 saturated carbocycles. The lowest BCUT2D eigenvalue weighted by Crippen LogP contribution is -2.31. The van der Waals surface area contributed by atoms with Crippen molar-refractivity contribution in [3.05, 3.63) is 105 Å². The number of pyridine rings is 1. The Kier molecular flexibility index (Phi) is 6.28. The van der Waals surface area contributed by atoms with Crippen LogP contribution >= 0.6 is 11.3 Å². The van der Waals surface area contributed by atoms with Gasteiger partial charge in [0, 0.05) is 37.9 Å².